The Bertz CT molecular complexity index is 1020. The molecule has 126 valence electrons. The number of nitrogens with zero attached hydrogens (tertiary/aromatic N) is 1. The number of benzene rings is 2. The number of hydrogen-bond donors (Lipinski definition) is 1. The molecule has 4 rings (SSSR count). The highest BCUT2D eigenvalue weighted by molar-refractivity contribution is 6.33. The van der Waals surface area contributed by atoms with Crippen molar-refractivity contribution in [3.05, 3.63) is 58.7 Å². The molecule has 0 radical (unpaired) electrons. The van der Waals surface area contributed by atoms with E-state index < -0.39 is 0 Å². The standard InChI is InChI=1S/C20H17ClN2O2/c1-12(24)22-13-9-10-17(15(21)11-13)23-16-6-3-2-5-14(16)20-18(23)7-4-8-19(20)25/h2-3,5-6,9-11H,4,7-8H2,1H3,(H,22,24). The van der Waals surface area contributed by atoms with E-state index in [1.807, 2.05) is 36.4 Å². The lowest BCUT2D eigenvalue weighted by molar-refractivity contribution is -0.114. The predicted octanol–water partition coefficient (Wildman–Crippen LogP) is 4.76. The maximum absolute atomic E-state index is 12.5. The SMILES string of the molecule is CC(=O)Nc1ccc(-n2c3c(c4ccccc42)C(=O)CCC3)c(Cl)c1. The third kappa shape index (κ3) is 2.63. The fraction of sp³-hybridized carbons (Fsp3) is 0.200. The molecular formula is C20H17ClN2O2. The molecule has 1 aliphatic carbocycles. The lowest BCUT2D eigenvalue weighted by Gasteiger charge is -2.17. The second kappa shape index (κ2) is 6.05. The third-order valence-corrected chi connectivity index (χ3v) is 4.88. The van der Waals surface area contributed by atoms with Gasteiger partial charge in [-0.25, -0.2) is 0 Å². The molecular weight excluding hydrogens is 336 g/mol. The largest absolute Gasteiger partial charge is 0.326 e. The summed E-state index contributed by atoms with van der Waals surface area (Å²) in [5.74, 6) is 0.0559. The summed E-state index contributed by atoms with van der Waals surface area (Å²) in [6, 6.07) is 13.4. The topological polar surface area (TPSA) is 51.1 Å². The van der Waals surface area contributed by atoms with Crippen LogP contribution >= 0.6 is 11.6 Å². The highest BCUT2D eigenvalue weighted by atomic mass is 35.5. The number of nitrogens with one attached hydrogen (secondary N) is 1. The summed E-state index contributed by atoms with van der Waals surface area (Å²) < 4.78 is 2.08. The van der Waals surface area contributed by atoms with Gasteiger partial charge < -0.3 is 9.88 Å². The van der Waals surface area contributed by atoms with E-state index >= 15 is 0 Å². The van der Waals surface area contributed by atoms with Gasteiger partial charge in [0.25, 0.3) is 0 Å². The van der Waals surface area contributed by atoms with E-state index in [4.69, 9.17) is 11.6 Å². The summed E-state index contributed by atoms with van der Waals surface area (Å²) in [4.78, 5) is 23.8. The summed E-state index contributed by atoms with van der Waals surface area (Å²) >= 11 is 6.53. The van der Waals surface area contributed by atoms with Crippen LogP contribution in [0.2, 0.25) is 5.02 Å². The van der Waals surface area contributed by atoms with E-state index in [-0.39, 0.29) is 11.7 Å². The number of carbonyl (C=O) groups excluding carboxylic acids is 2. The first-order chi connectivity index (χ1) is 12.1. The quantitative estimate of drug-likeness (QED) is 0.722. The van der Waals surface area contributed by atoms with Crippen molar-refractivity contribution in [3.8, 4) is 5.69 Å². The van der Waals surface area contributed by atoms with Gasteiger partial charge in [-0.05, 0) is 37.1 Å². The maximum Gasteiger partial charge on any atom is 0.221 e. The minimum Gasteiger partial charge on any atom is -0.326 e. The zero-order valence-corrected chi connectivity index (χ0v) is 14.6. The monoisotopic (exact) mass is 352 g/mol. The van der Waals surface area contributed by atoms with E-state index in [1.165, 1.54) is 6.92 Å². The second-order valence-corrected chi connectivity index (χ2v) is 6.71. The Morgan fingerprint density at radius 2 is 1.96 bits per heavy atom. The molecule has 0 bridgehead atoms. The predicted molar refractivity (Wildman–Crippen MR) is 99.9 cm³/mol. The van der Waals surface area contributed by atoms with Gasteiger partial charge in [-0.15, -0.1) is 0 Å². The van der Waals surface area contributed by atoms with E-state index in [0.29, 0.717) is 17.1 Å². The van der Waals surface area contributed by atoms with E-state index in [1.54, 1.807) is 6.07 Å². The van der Waals surface area contributed by atoms with Gasteiger partial charge in [-0.3, -0.25) is 9.59 Å². The summed E-state index contributed by atoms with van der Waals surface area (Å²) in [5.41, 5.74) is 4.30. The number of amides is 1. The third-order valence-electron chi connectivity index (χ3n) is 4.58. The molecule has 1 amide bonds. The Kier molecular flexibility index (Phi) is 3.85. The molecule has 1 N–H and O–H groups in total. The molecule has 0 spiro atoms. The Morgan fingerprint density at radius 1 is 1.16 bits per heavy atom. The maximum atomic E-state index is 12.5. The number of Topliss-reactive ketones (excluding diaryl/α,β-unsaturated/α-hetero) is 1. The highest BCUT2D eigenvalue weighted by Gasteiger charge is 2.26. The molecule has 0 atom stereocenters. The normalized spacial score (nSPS) is 13.8. The average Bonchev–Trinajstić information content (AvgIpc) is 2.90. The zero-order valence-electron chi connectivity index (χ0n) is 13.8. The molecule has 1 heterocycles. The van der Waals surface area contributed by atoms with Crippen molar-refractivity contribution in [2.75, 3.05) is 5.32 Å². The van der Waals surface area contributed by atoms with Crippen LogP contribution in [-0.4, -0.2) is 16.3 Å². The molecule has 1 aromatic heterocycles. The van der Waals surface area contributed by atoms with Crippen molar-refractivity contribution < 1.29 is 9.59 Å². The molecule has 2 aromatic carbocycles. The number of hydrogen-bond acceptors (Lipinski definition) is 2. The Balaban J connectivity index is 1.96. The summed E-state index contributed by atoms with van der Waals surface area (Å²) in [6.45, 7) is 1.46. The molecule has 25 heavy (non-hydrogen) atoms. The first-order valence-electron chi connectivity index (χ1n) is 8.29. The fourth-order valence-electron chi connectivity index (χ4n) is 3.63. The van der Waals surface area contributed by atoms with Crippen LogP contribution in [0.3, 0.4) is 0 Å². The highest BCUT2D eigenvalue weighted by Crippen LogP contribution is 2.37. The summed E-state index contributed by atoms with van der Waals surface area (Å²) in [7, 11) is 0. The molecule has 3 aromatic rings. The van der Waals surface area contributed by atoms with Gasteiger partial charge >= 0.3 is 0 Å². The van der Waals surface area contributed by atoms with Gasteiger partial charge in [0.15, 0.2) is 5.78 Å². The van der Waals surface area contributed by atoms with Crippen LogP contribution in [0, 0.1) is 0 Å². The Labute approximate surface area is 150 Å². The van der Waals surface area contributed by atoms with Crippen LogP contribution in [0.25, 0.3) is 16.6 Å². The molecule has 0 aliphatic heterocycles. The number of ketones is 1. The molecule has 0 saturated carbocycles. The van der Waals surface area contributed by atoms with E-state index in [2.05, 4.69) is 9.88 Å². The minimum atomic E-state index is -0.141. The number of rotatable bonds is 2. The van der Waals surface area contributed by atoms with Crippen molar-refractivity contribution in [3.63, 3.8) is 0 Å². The van der Waals surface area contributed by atoms with Crippen LogP contribution in [0.4, 0.5) is 5.69 Å². The molecule has 0 fully saturated rings. The van der Waals surface area contributed by atoms with Crippen molar-refractivity contribution >= 4 is 39.9 Å². The second-order valence-electron chi connectivity index (χ2n) is 6.30. The minimum absolute atomic E-state index is 0.141. The lowest BCUT2D eigenvalue weighted by Crippen LogP contribution is -2.13. The molecule has 1 aliphatic rings. The average molecular weight is 353 g/mol. The van der Waals surface area contributed by atoms with Crippen LogP contribution < -0.4 is 5.32 Å². The lowest BCUT2D eigenvalue weighted by atomic mass is 9.94. The zero-order chi connectivity index (χ0) is 17.6. The first-order valence-corrected chi connectivity index (χ1v) is 8.67. The number of halogens is 1. The summed E-state index contributed by atoms with van der Waals surface area (Å²) in [6.07, 6.45) is 2.29. The smallest absolute Gasteiger partial charge is 0.221 e. The van der Waals surface area contributed by atoms with E-state index in [9.17, 15) is 9.59 Å². The van der Waals surface area contributed by atoms with Crippen molar-refractivity contribution in [2.24, 2.45) is 0 Å². The van der Waals surface area contributed by atoms with Crippen molar-refractivity contribution in [2.45, 2.75) is 26.2 Å². The van der Waals surface area contributed by atoms with E-state index in [0.717, 1.165) is 40.7 Å². The fourth-order valence-corrected chi connectivity index (χ4v) is 3.89. The van der Waals surface area contributed by atoms with Crippen LogP contribution in [-0.2, 0) is 11.2 Å². The number of fused-ring (bicyclic) bond motifs is 3. The van der Waals surface area contributed by atoms with Crippen molar-refractivity contribution in [1.29, 1.82) is 0 Å². The molecule has 5 heteroatoms. The number of carbonyl (C=O) groups is 2. The number of para-hydroxylation sites is 1. The van der Waals surface area contributed by atoms with Crippen LogP contribution in [0.15, 0.2) is 42.5 Å². The molecule has 0 unspecified atom stereocenters. The summed E-state index contributed by atoms with van der Waals surface area (Å²) in [5, 5.41) is 4.25. The van der Waals surface area contributed by atoms with Gasteiger partial charge in [0.1, 0.15) is 0 Å². The number of anilines is 1. The van der Waals surface area contributed by atoms with Crippen molar-refractivity contribution in [1.82, 2.24) is 4.57 Å². The van der Waals surface area contributed by atoms with Crippen LogP contribution in [0.5, 0.6) is 0 Å². The Morgan fingerprint density at radius 3 is 2.72 bits per heavy atom. The van der Waals surface area contributed by atoms with Gasteiger partial charge in [0, 0.05) is 35.7 Å². The van der Waals surface area contributed by atoms with Crippen LogP contribution in [0.1, 0.15) is 35.8 Å². The number of aromatic nitrogens is 1. The molecule has 0 saturated heterocycles. The Hall–Kier alpha value is -2.59. The van der Waals surface area contributed by atoms with Gasteiger partial charge in [0.05, 0.1) is 16.2 Å². The van der Waals surface area contributed by atoms with Gasteiger partial charge in [-0.2, -0.15) is 0 Å². The molecule has 4 nitrogen and oxygen atoms in total. The van der Waals surface area contributed by atoms with Gasteiger partial charge in [-0.1, -0.05) is 29.8 Å². The van der Waals surface area contributed by atoms with Gasteiger partial charge in [0.2, 0.25) is 5.91 Å². The first kappa shape index (κ1) is 15.9.